The van der Waals surface area contributed by atoms with Gasteiger partial charge in [0.05, 0.1) is 4.90 Å². The van der Waals surface area contributed by atoms with Gasteiger partial charge < -0.3 is 4.42 Å². The highest BCUT2D eigenvalue weighted by atomic mass is 32.2. The minimum atomic E-state index is -3.60. The fourth-order valence-corrected chi connectivity index (χ4v) is 6.01. The lowest BCUT2D eigenvalue weighted by Crippen LogP contribution is -2.42. The zero-order valence-electron chi connectivity index (χ0n) is 19.2. The molecule has 1 aliphatic rings. The topological polar surface area (TPSA) is 105 Å². The van der Waals surface area contributed by atoms with Gasteiger partial charge in [-0.05, 0) is 68.0 Å². The number of piperidine rings is 1. The lowest BCUT2D eigenvalue weighted by molar-refractivity contribution is 0.102. The number of anilines is 1. The molecule has 9 heteroatoms. The number of nitrogens with one attached hydrogen (secondary N) is 1. The summed E-state index contributed by atoms with van der Waals surface area (Å²) in [4.78, 5) is 12.8. The van der Waals surface area contributed by atoms with Gasteiger partial charge in [-0.25, -0.2) is 8.42 Å². The summed E-state index contributed by atoms with van der Waals surface area (Å²) in [6, 6.07) is 11.7. The predicted molar refractivity (Wildman–Crippen MR) is 125 cm³/mol. The van der Waals surface area contributed by atoms with Gasteiger partial charge >= 0.3 is 6.01 Å². The first-order chi connectivity index (χ1) is 15.6. The highest BCUT2D eigenvalue weighted by Crippen LogP contribution is 2.27. The first-order valence-corrected chi connectivity index (χ1v) is 12.4. The van der Waals surface area contributed by atoms with E-state index in [0.29, 0.717) is 36.4 Å². The van der Waals surface area contributed by atoms with Crippen molar-refractivity contribution in [2.45, 2.75) is 39.0 Å². The van der Waals surface area contributed by atoms with Crippen molar-refractivity contribution in [3.63, 3.8) is 0 Å². The van der Waals surface area contributed by atoms with Crippen LogP contribution in [0.3, 0.4) is 0 Å². The molecule has 2 aromatic carbocycles. The molecule has 2 heterocycles. The molecule has 8 nitrogen and oxygen atoms in total. The molecule has 2 atom stereocenters. The standard InChI is InChI=1S/C24H28N4O4S/c1-15-5-10-21(18(4)12-15)23-26-27-24(32-23)25-22(29)19-6-8-20(9-7-19)33(30,31)28-13-16(2)11-17(3)14-28/h5-10,12,16-17H,11,13-14H2,1-4H3,(H,25,27,29)/t16-,17-/m1/s1. The average Bonchev–Trinajstić information content (AvgIpc) is 3.21. The third kappa shape index (κ3) is 4.99. The van der Waals surface area contributed by atoms with E-state index < -0.39 is 15.9 Å². The molecule has 1 aromatic heterocycles. The molecule has 1 amide bonds. The molecule has 0 saturated carbocycles. The molecule has 0 bridgehead atoms. The van der Waals surface area contributed by atoms with Crippen molar-refractivity contribution in [1.29, 1.82) is 0 Å². The summed E-state index contributed by atoms with van der Waals surface area (Å²) in [6.45, 7) is 9.10. The molecule has 3 aromatic rings. The van der Waals surface area contributed by atoms with Crippen LogP contribution in [0.2, 0.25) is 0 Å². The van der Waals surface area contributed by atoms with Gasteiger partial charge in [-0.2, -0.15) is 4.31 Å². The van der Waals surface area contributed by atoms with Crippen LogP contribution < -0.4 is 5.32 Å². The summed E-state index contributed by atoms with van der Waals surface area (Å²) in [5.41, 5.74) is 3.20. The smallest absolute Gasteiger partial charge is 0.322 e. The summed E-state index contributed by atoms with van der Waals surface area (Å²) in [5, 5.41) is 10.5. The number of nitrogens with zero attached hydrogens (tertiary/aromatic N) is 3. The van der Waals surface area contributed by atoms with Crippen LogP contribution in [-0.4, -0.2) is 41.9 Å². The molecule has 1 saturated heterocycles. The molecule has 1 aliphatic heterocycles. The lowest BCUT2D eigenvalue weighted by Gasteiger charge is -2.34. The van der Waals surface area contributed by atoms with Gasteiger partial charge in [0.15, 0.2) is 0 Å². The van der Waals surface area contributed by atoms with Crippen molar-refractivity contribution >= 4 is 21.9 Å². The number of benzene rings is 2. The van der Waals surface area contributed by atoms with Crippen molar-refractivity contribution < 1.29 is 17.6 Å². The van der Waals surface area contributed by atoms with Crippen molar-refractivity contribution in [3.05, 3.63) is 59.2 Å². The Morgan fingerprint density at radius 1 is 1.03 bits per heavy atom. The summed E-state index contributed by atoms with van der Waals surface area (Å²) in [5.74, 6) is 0.484. The van der Waals surface area contributed by atoms with E-state index in [4.69, 9.17) is 4.42 Å². The zero-order valence-corrected chi connectivity index (χ0v) is 20.0. The number of carbonyl (C=O) groups excluding carboxylic acids is 1. The van der Waals surface area contributed by atoms with Crippen LogP contribution in [0.25, 0.3) is 11.5 Å². The third-order valence-electron chi connectivity index (χ3n) is 5.85. The van der Waals surface area contributed by atoms with Gasteiger partial charge in [-0.15, -0.1) is 5.10 Å². The summed E-state index contributed by atoms with van der Waals surface area (Å²) in [7, 11) is -3.60. The van der Waals surface area contributed by atoms with Gasteiger partial charge in [-0.1, -0.05) is 36.6 Å². The molecule has 4 rings (SSSR count). The van der Waals surface area contributed by atoms with Crippen LogP contribution in [0, 0.1) is 25.7 Å². The first kappa shape index (κ1) is 23.1. The Labute approximate surface area is 194 Å². The Hall–Kier alpha value is -3.04. The van der Waals surface area contributed by atoms with E-state index in [1.54, 1.807) is 0 Å². The number of sulfonamides is 1. The fourth-order valence-electron chi connectivity index (χ4n) is 4.33. The number of aryl methyl sites for hydroxylation is 2. The largest absolute Gasteiger partial charge is 0.403 e. The number of hydrogen-bond acceptors (Lipinski definition) is 6. The van der Waals surface area contributed by atoms with Crippen molar-refractivity contribution in [2.24, 2.45) is 11.8 Å². The predicted octanol–water partition coefficient (Wildman–Crippen LogP) is 4.27. The highest BCUT2D eigenvalue weighted by molar-refractivity contribution is 7.89. The minimum Gasteiger partial charge on any atom is -0.403 e. The molecule has 0 radical (unpaired) electrons. The second kappa shape index (κ2) is 9.07. The van der Waals surface area contributed by atoms with E-state index in [2.05, 4.69) is 29.4 Å². The second-order valence-electron chi connectivity index (χ2n) is 8.98. The first-order valence-electron chi connectivity index (χ1n) is 11.0. The van der Waals surface area contributed by atoms with Crippen molar-refractivity contribution in [3.8, 4) is 11.5 Å². The Kier molecular flexibility index (Phi) is 6.36. The summed E-state index contributed by atoms with van der Waals surface area (Å²) in [6.07, 6.45) is 1.02. The molecule has 0 aliphatic carbocycles. The number of amides is 1. The Balaban J connectivity index is 1.46. The Morgan fingerprint density at radius 2 is 1.70 bits per heavy atom. The highest BCUT2D eigenvalue weighted by Gasteiger charge is 2.31. The molecule has 1 N–H and O–H groups in total. The van der Waals surface area contributed by atoms with Crippen LogP contribution in [0.1, 0.15) is 41.8 Å². The molecular weight excluding hydrogens is 440 g/mol. The number of aromatic nitrogens is 2. The maximum atomic E-state index is 13.0. The maximum absolute atomic E-state index is 13.0. The quantitative estimate of drug-likeness (QED) is 0.599. The molecule has 33 heavy (non-hydrogen) atoms. The van der Waals surface area contributed by atoms with Gasteiger partial charge in [0, 0.05) is 24.2 Å². The molecule has 1 fully saturated rings. The Bertz CT molecular complexity index is 1260. The van der Waals surface area contributed by atoms with Gasteiger partial charge in [0.25, 0.3) is 5.91 Å². The molecule has 0 spiro atoms. The molecular formula is C24H28N4O4S. The number of rotatable bonds is 5. The van der Waals surface area contributed by atoms with Crippen molar-refractivity contribution in [1.82, 2.24) is 14.5 Å². The van der Waals surface area contributed by atoms with Crippen LogP contribution in [0.4, 0.5) is 6.01 Å². The number of carbonyl (C=O) groups is 1. The van der Waals surface area contributed by atoms with Gasteiger partial charge in [0.2, 0.25) is 15.9 Å². The van der Waals surface area contributed by atoms with Crippen molar-refractivity contribution in [2.75, 3.05) is 18.4 Å². The van der Waals surface area contributed by atoms with E-state index in [9.17, 15) is 13.2 Å². The fraction of sp³-hybridized carbons (Fsp3) is 0.375. The number of hydrogen-bond donors (Lipinski definition) is 1. The average molecular weight is 469 g/mol. The monoisotopic (exact) mass is 468 g/mol. The van der Waals surface area contributed by atoms with E-state index in [0.717, 1.165) is 23.1 Å². The van der Waals surface area contributed by atoms with Crippen LogP contribution >= 0.6 is 0 Å². The third-order valence-corrected chi connectivity index (χ3v) is 7.69. The normalized spacial score (nSPS) is 19.4. The minimum absolute atomic E-state index is 0.0250. The summed E-state index contributed by atoms with van der Waals surface area (Å²) >= 11 is 0. The Morgan fingerprint density at radius 3 is 2.33 bits per heavy atom. The summed E-state index contributed by atoms with van der Waals surface area (Å²) < 4.78 is 33.2. The van der Waals surface area contributed by atoms with E-state index >= 15 is 0 Å². The SMILES string of the molecule is Cc1ccc(-c2nnc(NC(=O)c3ccc(S(=O)(=O)N4C[C@H](C)C[C@@H](C)C4)cc3)o2)c(C)c1. The van der Waals surface area contributed by atoms with Crippen LogP contribution in [0.5, 0.6) is 0 Å². The van der Waals surface area contributed by atoms with Crippen LogP contribution in [-0.2, 0) is 10.0 Å². The van der Waals surface area contributed by atoms with E-state index in [1.807, 2.05) is 32.0 Å². The lowest BCUT2D eigenvalue weighted by atomic mass is 9.94. The second-order valence-corrected chi connectivity index (χ2v) is 10.9. The maximum Gasteiger partial charge on any atom is 0.322 e. The van der Waals surface area contributed by atoms with E-state index in [1.165, 1.54) is 28.6 Å². The van der Waals surface area contributed by atoms with Gasteiger partial charge in [0.1, 0.15) is 0 Å². The van der Waals surface area contributed by atoms with Crippen LogP contribution in [0.15, 0.2) is 51.8 Å². The molecule has 174 valence electrons. The molecule has 0 unspecified atom stereocenters. The van der Waals surface area contributed by atoms with E-state index in [-0.39, 0.29) is 10.9 Å². The van der Waals surface area contributed by atoms with Gasteiger partial charge in [-0.3, -0.25) is 10.1 Å². The zero-order chi connectivity index (χ0) is 23.8.